The molecule has 0 saturated heterocycles. The Labute approximate surface area is 194 Å². The average molecular weight is 447 g/mol. The number of allylic oxidation sites excluding steroid dienone is 1. The highest BCUT2D eigenvalue weighted by Crippen LogP contribution is 2.62. The van der Waals surface area contributed by atoms with Gasteiger partial charge in [-0.25, -0.2) is 4.79 Å². The van der Waals surface area contributed by atoms with Gasteiger partial charge in [-0.1, -0.05) is 18.2 Å². The molecule has 0 aromatic heterocycles. The van der Waals surface area contributed by atoms with Crippen LogP contribution in [0.5, 0.6) is 5.75 Å². The highest BCUT2D eigenvalue weighted by Gasteiger charge is 2.52. The summed E-state index contributed by atoms with van der Waals surface area (Å²) in [7, 11) is 1.61. The van der Waals surface area contributed by atoms with E-state index in [0.29, 0.717) is 11.1 Å². The van der Waals surface area contributed by atoms with Gasteiger partial charge in [-0.2, -0.15) is 0 Å². The highest BCUT2D eigenvalue weighted by atomic mass is 16.7. The highest BCUT2D eigenvalue weighted by molar-refractivity contribution is 6.05. The summed E-state index contributed by atoms with van der Waals surface area (Å²) >= 11 is 0. The fourth-order valence-corrected chi connectivity index (χ4v) is 6.68. The molecule has 172 valence electrons. The third kappa shape index (κ3) is 4.47. The number of carbonyl (C=O) groups excluding carboxylic acids is 2. The zero-order valence-corrected chi connectivity index (χ0v) is 19.0. The van der Waals surface area contributed by atoms with Gasteiger partial charge in [0.1, 0.15) is 5.75 Å². The molecule has 0 heterocycles. The van der Waals surface area contributed by atoms with Crippen LogP contribution in [-0.4, -0.2) is 25.7 Å². The van der Waals surface area contributed by atoms with Crippen molar-refractivity contribution in [2.45, 2.75) is 43.9 Å². The minimum Gasteiger partial charge on any atom is -0.467 e. The first-order valence-electron chi connectivity index (χ1n) is 11.8. The van der Waals surface area contributed by atoms with Crippen LogP contribution in [0.4, 0.5) is 0 Å². The molecule has 0 radical (unpaired) electrons. The molecule has 4 fully saturated rings. The summed E-state index contributed by atoms with van der Waals surface area (Å²) in [5.41, 5.74) is 2.24. The largest absolute Gasteiger partial charge is 0.467 e. The molecule has 5 nitrogen and oxygen atoms in total. The van der Waals surface area contributed by atoms with E-state index < -0.39 is 5.97 Å². The van der Waals surface area contributed by atoms with Gasteiger partial charge in [0.05, 0.1) is 11.8 Å². The fourth-order valence-electron chi connectivity index (χ4n) is 6.68. The molecule has 2 aromatic rings. The van der Waals surface area contributed by atoms with Crippen molar-refractivity contribution in [1.82, 2.24) is 0 Å². The zero-order chi connectivity index (χ0) is 22.8. The van der Waals surface area contributed by atoms with Crippen LogP contribution < -0.4 is 4.74 Å². The first kappa shape index (κ1) is 21.9. The number of benzene rings is 2. The number of hydrogen-bond acceptors (Lipinski definition) is 5. The predicted molar refractivity (Wildman–Crippen MR) is 124 cm³/mol. The van der Waals surface area contributed by atoms with Crippen LogP contribution in [0.3, 0.4) is 0 Å². The van der Waals surface area contributed by atoms with Crippen LogP contribution in [0, 0.1) is 17.8 Å². The summed E-state index contributed by atoms with van der Waals surface area (Å²) in [6.07, 6.45) is 10.1. The van der Waals surface area contributed by atoms with Crippen molar-refractivity contribution in [3.05, 3.63) is 77.6 Å². The molecule has 5 heteroatoms. The number of esters is 1. The number of rotatable bonds is 8. The lowest BCUT2D eigenvalue weighted by Gasteiger charge is -2.57. The second kappa shape index (κ2) is 9.14. The number of hydrogen-bond donors (Lipinski definition) is 0. The molecule has 0 atom stereocenters. The van der Waals surface area contributed by atoms with Crippen molar-refractivity contribution >= 4 is 11.8 Å². The number of ether oxygens (including phenoxy) is 3. The quantitative estimate of drug-likeness (QED) is 0.171. The lowest BCUT2D eigenvalue weighted by molar-refractivity contribution is -0.00884. The molecule has 4 aliphatic carbocycles. The first-order chi connectivity index (χ1) is 16.1. The topological polar surface area (TPSA) is 61.8 Å². The minimum atomic E-state index is -0.489. The van der Waals surface area contributed by atoms with Crippen LogP contribution >= 0.6 is 0 Å². The second-order valence-electron chi connectivity index (χ2n) is 9.90. The molecule has 0 N–H and O–H groups in total. The van der Waals surface area contributed by atoms with Crippen molar-refractivity contribution in [1.29, 1.82) is 0 Å². The Morgan fingerprint density at radius 1 is 0.939 bits per heavy atom. The van der Waals surface area contributed by atoms with Crippen LogP contribution in [0.15, 0.2) is 60.9 Å². The molecule has 2 aromatic carbocycles. The smallest absolute Gasteiger partial charge is 0.342 e. The van der Waals surface area contributed by atoms with Gasteiger partial charge in [-0.05, 0) is 92.0 Å². The molecule has 4 bridgehead atoms. The minimum absolute atomic E-state index is 0.0810. The predicted octanol–water partition coefficient (Wildman–Crippen LogP) is 5.69. The monoisotopic (exact) mass is 446 g/mol. The van der Waals surface area contributed by atoms with Crippen molar-refractivity contribution in [2.75, 3.05) is 13.9 Å². The lowest BCUT2D eigenvalue weighted by Crippen LogP contribution is -2.48. The molecule has 4 aliphatic rings. The molecule has 33 heavy (non-hydrogen) atoms. The van der Waals surface area contributed by atoms with E-state index >= 15 is 0 Å². The van der Waals surface area contributed by atoms with Crippen molar-refractivity contribution in [3.8, 4) is 5.75 Å². The summed E-state index contributed by atoms with van der Waals surface area (Å²) in [5.74, 6) is 2.47. The standard InChI is InChI=1S/C28H30O5/c1-31-18-33-26-8-7-23(25(29)9-10-32-27(30)22-5-3-2-4-6-22)14-24(26)28-15-19-11-20(16-28)13-21(12-19)17-28/h2-10,14,19-21H,11-13,15-18H2,1H3. The Kier molecular flexibility index (Phi) is 6.07. The van der Waals surface area contributed by atoms with E-state index in [-0.39, 0.29) is 18.0 Å². The molecular weight excluding hydrogens is 416 g/mol. The van der Waals surface area contributed by atoms with Crippen molar-refractivity contribution in [3.63, 3.8) is 0 Å². The molecule has 0 spiro atoms. The maximum atomic E-state index is 12.9. The van der Waals surface area contributed by atoms with E-state index in [0.717, 1.165) is 29.1 Å². The average Bonchev–Trinajstić information content (AvgIpc) is 2.82. The number of ketones is 1. The molecule has 6 rings (SSSR count). The Morgan fingerprint density at radius 2 is 1.61 bits per heavy atom. The van der Waals surface area contributed by atoms with Crippen LogP contribution in [0.25, 0.3) is 0 Å². The first-order valence-corrected chi connectivity index (χ1v) is 11.8. The summed E-state index contributed by atoms with van der Waals surface area (Å²) in [6, 6.07) is 14.4. The third-order valence-corrected chi connectivity index (χ3v) is 7.61. The van der Waals surface area contributed by atoms with Gasteiger partial charge < -0.3 is 14.2 Å². The van der Waals surface area contributed by atoms with E-state index in [1.807, 2.05) is 18.2 Å². The van der Waals surface area contributed by atoms with Crippen molar-refractivity contribution < 1.29 is 23.8 Å². The maximum absolute atomic E-state index is 12.9. The van der Waals surface area contributed by atoms with Gasteiger partial charge in [0.2, 0.25) is 0 Å². The van der Waals surface area contributed by atoms with Crippen LogP contribution in [0.2, 0.25) is 0 Å². The Morgan fingerprint density at radius 3 is 2.24 bits per heavy atom. The summed E-state index contributed by atoms with van der Waals surface area (Å²) in [5, 5.41) is 0. The second-order valence-corrected chi connectivity index (χ2v) is 9.90. The van der Waals surface area contributed by atoms with E-state index in [9.17, 15) is 9.59 Å². The van der Waals surface area contributed by atoms with Gasteiger partial charge in [0, 0.05) is 24.3 Å². The van der Waals surface area contributed by atoms with Gasteiger partial charge in [-0.3, -0.25) is 4.79 Å². The van der Waals surface area contributed by atoms with E-state index in [4.69, 9.17) is 14.2 Å². The van der Waals surface area contributed by atoms with Gasteiger partial charge in [-0.15, -0.1) is 0 Å². The summed E-state index contributed by atoms with van der Waals surface area (Å²) in [6.45, 7) is 0.183. The van der Waals surface area contributed by atoms with E-state index in [1.54, 1.807) is 37.4 Å². The number of carbonyl (C=O) groups is 2. The molecule has 0 unspecified atom stereocenters. The van der Waals surface area contributed by atoms with Crippen LogP contribution in [-0.2, 0) is 14.9 Å². The van der Waals surface area contributed by atoms with Crippen molar-refractivity contribution in [2.24, 2.45) is 17.8 Å². The molecule has 4 saturated carbocycles. The lowest BCUT2D eigenvalue weighted by atomic mass is 9.48. The Hall–Kier alpha value is -2.92. The fraction of sp³-hybridized carbons (Fsp3) is 0.429. The molecule has 0 amide bonds. The molecular formula is C28H30O5. The molecule has 0 aliphatic heterocycles. The van der Waals surface area contributed by atoms with E-state index in [1.165, 1.54) is 50.9 Å². The Balaban J connectivity index is 1.37. The van der Waals surface area contributed by atoms with Crippen LogP contribution in [0.1, 0.15) is 64.8 Å². The zero-order valence-electron chi connectivity index (χ0n) is 19.0. The Bertz CT molecular complexity index is 1020. The SMILES string of the molecule is COCOc1ccc(C(=O)C=COC(=O)c2ccccc2)cc1C12CC3CC(CC(C3)C1)C2. The van der Waals surface area contributed by atoms with Gasteiger partial charge in [0.15, 0.2) is 12.6 Å². The van der Waals surface area contributed by atoms with Gasteiger partial charge >= 0.3 is 5.97 Å². The summed E-state index contributed by atoms with van der Waals surface area (Å²) in [4.78, 5) is 25.0. The normalized spacial score (nSPS) is 27.6. The summed E-state index contributed by atoms with van der Waals surface area (Å²) < 4.78 is 16.3. The van der Waals surface area contributed by atoms with Gasteiger partial charge in [0.25, 0.3) is 0 Å². The maximum Gasteiger partial charge on any atom is 0.342 e. The van der Waals surface area contributed by atoms with E-state index in [2.05, 4.69) is 0 Å². The number of methoxy groups -OCH3 is 1. The third-order valence-electron chi connectivity index (χ3n) is 7.61.